The molecule has 7 heterocycles. The third kappa shape index (κ3) is 5.34. The maximum absolute atomic E-state index is 13.5. The quantitative estimate of drug-likeness (QED) is 0.115. The van der Waals surface area contributed by atoms with Crippen LogP contribution in [-0.4, -0.2) is 106 Å². The molecule has 248 valence electrons. The Balaban J connectivity index is 1.18. The Bertz CT molecular complexity index is 1900. The van der Waals surface area contributed by atoms with Gasteiger partial charge < -0.3 is 49.6 Å². The van der Waals surface area contributed by atoms with Gasteiger partial charge in [-0.05, 0) is 0 Å². The van der Waals surface area contributed by atoms with Crippen LogP contribution in [0, 0.1) is 0 Å². The Kier molecular flexibility index (Phi) is 7.41. The molecule has 4 aromatic heterocycles. The van der Waals surface area contributed by atoms with Crippen molar-refractivity contribution in [3.63, 3.8) is 0 Å². The number of aliphatic hydroxyl groups is 2. The lowest BCUT2D eigenvalue weighted by Crippen LogP contribution is -2.40. The van der Waals surface area contributed by atoms with Crippen molar-refractivity contribution in [1.29, 1.82) is 0 Å². The van der Waals surface area contributed by atoms with Gasteiger partial charge in [0.15, 0.2) is 34.8 Å². The van der Waals surface area contributed by atoms with E-state index in [1.54, 1.807) is 0 Å². The lowest BCUT2D eigenvalue weighted by Gasteiger charge is -2.32. The molecule has 8 N–H and O–H groups in total. The van der Waals surface area contributed by atoms with Gasteiger partial charge in [-0.15, -0.1) is 0 Å². The number of hydrogen-bond acceptors (Lipinski definition) is 19. The molecule has 3 aliphatic heterocycles. The molecule has 0 aliphatic carbocycles. The first-order chi connectivity index (χ1) is 21.7. The number of H-pyrrole nitrogens is 2. The number of rotatable bonds is 2. The lowest BCUT2D eigenvalue weighted by molar-refractivity contribution is -0.236. The second kappa shape index (κ2) is 11.0. The summed E-state index contributed by atoms with van der Waals surface area (Å²) in [5.41, 5.74) is 9.53. The molecule has 4 unspecified atom stereocenters. The molecule has 7 rings (SSSR count). The van der Waals surface area contributed by atoms with E-state index >= 15 is 0 Å². The number of hydrogen-bond donors (Lipinski definition) is 6. The number of phosphoric acid groups is 1. The molecule has 0 amide bonds. The summed E-state index contributed by atoms with van der Waals surface area (Å²) in [4.78, 5) is 58.0. The largest absolute Gasteiger partial charge is 0.756 e. The van der Waals surface area contributed by atoms with Crippen LogP contribution in [0.4, 0.5) is 11.9 Å². The van der Waals surface area contributed by atoms with E-state index in [9.17, 15) is 33.8 Å². The van der Waals surface area contributed by atoms with Gasteiger partial charge in [0.25, 0.3) is 18.9 Å². The average molecular weight is 687 g/mol. The molecule has 23 nitrogen and oxygen atoms in total. The fourth-order valence-corrected chi connectivity index (χ4v) is 7.62. The fraction of sp³-hybridized carbons (Fsp3) is 0.524. The number of anilines is 2. The van der Waals surface area contributed by atoms with E-state index in [2.05, 4.69) is 29.9 Å². The number of aromatic nitrogens is 8. The van der Waals surface area contributed by atoms with E-state index in [0.717, 1.165) is 23.9 Å². The van der Waals surface area contributed by atoms with Crippen LogP contribution in [0.5, 0.6) is 0 Å². The molecule has 3 saturated heterocycles. The molecule has 3 aliphatic rings. The Morgan fingerprint density at radius 2 is 1.30 bits per heavy atom. The van der Waals surface area contributed by atoms with Crippen molar-refractivity contribution >= 4 is 49.6 Å². The first-order valence-corrected chi connectivity index (χ1v) is 16.8. The number of fused-ring (bicyclic) bond motifs is 4. The second-order valence-corrected chi connectivity index (χ2v) is 14.0. The van der Waals surface area contributed by atoms with E-state index < -0.39 is 88.8 Å². The van der Waals surface area contributed by atoms with Crippen molar-refractivity contribution in [3.8, 4) is 0 Å². The first-order valence-electron chi connectivity index (χ1n) is 13.4. The Morgan fingerprint density at radius 3 is 1.80 bits per heavy atom. The van der Waals surface area contributed by atoms with Gasteiger partial charge in [-0.3, -0.25) is 42.3 Å². The number of nitrogens with one attached hydrogen (secondary N) is 2. The normalized spacial score (nSPS) is 37.1. The zero-order valence-corrected chi connectivity index (χ0v) is 25.1. The zero-order valence-electron chi connectivity index (χ0n) is 23.3. The molecular weight excluding hydrogens is 662 g/mol. The molecule has 0 spiro atoms. The number of nitrogens with two attached hydrogens (primary N) is 2. The molecule has 0 aromatic carbocycles. The highest BCUT2D eigenvalue weighted by atomic mass is 31.2. The number of imidazole rings is 2. The van der Waals surface area contributed by atoms with Crippen LogP contribution in [0.15, 0.2) is 22.2 Å². The van der Waals surface area contributed by atoms with Gasteiger partial charge in [0, 0.05) is 6.66 Å². The molecule has 0 radical (unpaired) electrons. The topological polar surface area (TPSA) is 332 Å². The van der Waals surface area contributed by atoms with Gasteiger partial charge in [0.2, 0.25) is 11.9 Å². The third-order valence-corrected chi connectivity index (χ3v) is 9.71. The van der Waals surface area contributed by atoms with Gasteiger partial charge in [0.1, 0.15) is 36.6 Å². The Morgan fingerprint density at radius 1 is 0.848 bits per heavy atom. The van der Waals surface area contributed by atoms with Crippen molar-refractivity contribution in [1.82, 2.24) is 39.0 Å². The Labute approximate surface area is 254 Å². The van der Waals surface area contributed by atoms with Crippen LogP contribution < -0.4 is 27.5 Å². The summed E-state index contributed by atoms with van der Waals surface area (Å²) >= 11 is 0. The van der Waals surface area contributed by atoms with Gasteiger partial charge in [-0.25, -0.2) is 9.97 Å². The van der Waals surface area contributed by atoms with Crippen LogP contribution in [-0.2, 0) is 36.7 Å². The van der Waals surface area contributed by atoms with Crippen LogP contribution in [0.2, 0.25) is 0 Å². The number of ether oxygens (including phenoxy) is 2. The van der Waals surface area contributed by atoms with Gasteiger partial charge >= 0.3 is 7.60 Å². The molecule has 0 saturated carbocycles. The fourth-order valence-electron chi connectivity index (χ4n) is 5.49. The maximum Gasteiger partial charge on any atom is 0.328 e. The monoisotopic (exact) mass is 687 g/mol. The van der Waals surface area contributed by atoms with Gasteiger partial charge in [-0.1, -0.05) is 0 Å². The van der Waals surface area contributed by atoms with E-state index in [4.69, 9.17) is 39.0 Å². The minimum absolute atomic E-state index is 0.0704. The minimum Gasteiger partial charge on any atom is -0.756 e. The third-order valence-electron chi connectivity index (χ3n) is 7.50. The Hall–Kier alpha value is -3.60. The highest BCUT2D eigenvalue weighted by molar-refractivity contribution is 7.53. The van der Waals surface area contributed by atoms with Crippen molar-refractivity contribution in [2.75, 3.05) is 31.3 Å². The minimum atomic E-state index is -5.29. The highest BCUT2D eigenvalue weighted by Gasteiger charge is 2.52. The summed E-state index contributed by atoms with van der Waals surface area (Å²) in [7, 11) is -9.40. The summed E-state index contributed by atoms with van der Waals surface area (Å²) in [6.45, 7) is -0.382. The van der Waals surface area contributed by atoms with E-state index in [1.165, 1.54) is 4.57 Å². The molecule has 3 fully saturated rings. The summed E-state index contributed by atoms with van der Waals surface area (Å²) in [6.07, 6.45) is -9.97. The summed E-state index contributed by atoms with van der Waals surface area (Å²) < 4.78 is 62.0. The number of nitrogens with zero attached hydrogens (tertiary/aromatic N) is 6. The summed E-state index contributed by atoms with van der Waals surface area (Å²) in [6, 6.07) is 0. The highest BCUT2D eigenvalue weighted by Crippen LogP contribution is 2.52. The lowest BCUT2D eigenvalue weighted by atomic mass is 10.1. The number of nitrogen functional groups attached to an aromatic ring is 2. The average Bonchev–Trinajstić information content (AvgIpc) is 3.72. The summed E-state index contributed by atoms with van der Waals surface area (Å²) in [5.74, 6) is -0.506. The van der Waals surface area contributed by atoms with E-state index in [-0.39, 0.29) is 34.2 Å². The first kappa shape index (κ1) is 31.0. The maximum atomic E-state index is 13.5. The van der Waals surface area contributed by atoms with Gasteiger partial charge in [-0.2, -0.15) is 9.97 Å². The molecule has 0 bridgehead atoms. The van der Waals surface area contributed by atoms with Crippen molar-refractivity contribution < 1.29 is 51.8 Å². The number of aromatic amines is 2. The van der Waals surface area contributed by atoms with Crippen molar-refractivity contribution in [2.45, 2.75) is 49.1 Å². The summed E-state index contributed by atoms with van der Waals surface area (Å²) in [5, 5.41) is 22.4. The molecule has 10 atom stereocenters. The predicted octanol–water partition coefficient (Wildman–Crippen LogP) is -2.96. The van der Waals surface area contributed by atoms with Crippen LogP contribution in [0.25, 0.3) is 22.3 Å². The molecular formula is C21H25N10O13P2-. The molecule has 46 heavy (non-hydrogen) atoms. The van der Waals surface area contributed by atoms with Crippen molar-refractivity contribution in [2.24, 2.45) is 0 Å². The van der Waals surface area contributed by atoms with Crippen LogP contribution >= 0.6 is 15.4 Å². The number of phosphoric ester groups is 1. The van der Waals surface area contributed by atoms with Crippen LogP contribution in [0.1, 0.15) is 12.5 Å². The number of aliphatic hydroxyl groups excluding tert-OH is 2. The zero-order chi connectivity index (χ0) is 32.7. The van der Waals surface area contributed by atoms with E-state index in [0.29, 0.717) is 0 Å². The van der Waals surface area contributed by atoms with Gasteiger partial charge in [0.05, 0.1) is 25.9 Å². The smallest absolute Gasteiger partial charge is 0.328 e. The predicted molar refractivity (Wildman–Crippen MR) is 148 cm³/mol. The van der Waals surface area contributed by atoms with Crippen LogP contribution in [0.3, 0.4) is 0 Å². The second-order valence-electron chi connectivity index (χ2n) is 10.6. The SMILES string of the molecule is CP1(=O)OC[C@H]2O[C@@H](n3cnc4c(=O)[nH]c(N)nc43)[C@@H](O)C2OP(=O)([O-])OC[C@H]2O[C@@H](n3cnc4c(=O)[nH]c(N)nc43)[C@@H](O)C2O1. The molecule has 25 heteroatoms. The van der Waals surface area contributed by atoms with Crippen molar-refractivity contribution in [3.05, 3.63) is 33.4 Å². The standard InChI is InChI=1S/C21H26N10O13P2/c1-45(36)39-2-6-13(11(33)19(41-6)31-5-25-9-15(31)27-21(23)29-17(9)35)44-46(37,38)40-3-7-12(43-45)10(32)18(42-7)30-4-24-8-14(30)26-20(22)28-16(8)34/h4-7,10-13,18-19,32-33H,2-3H2,1H3,(H,37,38)(H3,22,26,28,34)(H3,23,27,29,35)/p-1/t6-,7-,10+,11+,12?,13?,18-,19-,45?/m1/s1. The molecule has 4 aromatic rings. The van der Waals surface area contributed by atoms with E-state index in [1.807, 2.05) is 0 Å².